The van der Waals surface area contributed by atoms with Crippen LogP contribution in [0.5, 0.6) is 11.6 Å². The molecule has 3 aromatic heterocycles. The Morgan fingerprint density at radius 2 is 2.14 bits per heavy atom. The van der Waals surface area contributed by atoms with E-state index in [1.54, 1.807) is 0 Å². The number of anilines is 1. The monoisotopic (exact) mass is 315 g/mol. The van der Waals surface area contributed by atoms with Gasteiger partial charge in [0.15, 0.2) is 11.6 Å². The lowest BCUT2D eigenvalue weighted by atomic mass is 9.93. The van der Waals surface area contributed by atoms with E-state index in [2.05, 4.69) is 19.9 Å². The van der Waals surface area contributed by atoms with E-state index in [9.17, 15) is 9.59 Å². The molecule has 1 aliphatic heterocycles. The second kappa shape index (κ2) is 4.53. The van der Waals surface area contributed by atoms with E-state index in [1.165, 1.54) is 17.7 Å². The second-order valence-electron chi connectivity index (χ2n) is 4.67. The van der Waals surface area contributed by atoms with Gasteiger partial charge in [-0.15, -0.1) is 11.3 Å². The highest BCUT2D eigenvalue weighted by Crippen LogP contribution is 2.46. The Morgan fingerprint density at radius 1 is 1.27 bits per heavy atom. The summed E-state index contributed by atoms with van der Waals surface area (Å²) in [5.74, 6) is 0.0128. The van der Waals surface area contributed by atoms with Crippen LogP contribution >= 0.6 is 11.3 Å². The van der Waals surface area contributed by atoms with Gasteiger partial charge in [-0.3, -0.25) is 14.8 Å². The first-order valence-electron chi connectivity index (χ1n) is 6.33. The Balaban J connectivity index is 2.08. The third kappa shape index (κ3) is 1.76. The highest BCUT2D eigenvalue weighted by Gasteiger charge is 2.35. The number of thiophene rings is 1. The molecule has 4 N–H and O–H groups in total. The predicted molar refractivity (Wildman–Crippen MR) is 79.5 cm³/mol. The largest absolute Gasteiger partial charge is 0.434 e. The molecule has 110 valence electrons. The van der Waals surface area contributed by atoms with Crippen molar-refractivity contribution in [3.05, 3.63) is 60.8 Å². The zero-order chi connectivity index (χ0) is 15.3. The molecule has 22 heavy (non-hydrogen) atoms. The first kappa shape index (κ1) is 12.8. The summed E-state index contributed by atoms with van der Waals surface area (Å²) in [6, 6.07) is 3.76. The molecule has 0 saturated heterocycles. The number of hydrogen-bond acceptors (Lipinski definition) is 7. The summed E-state index contributed by atoms with van der Waals surface area (Å²) >= 11 is 1.47. The van der Waals surface area contributed by atoms with Crippen molar-refractivity contribution >= 4 is 17.2 Å². The Bertz CT molecular complexity index is 976. The van der Waals surface area contributed by atoms with Crippen LogP contribution in [0.25, 0.3) is 0 Å². The zero-order valence-corrected chi connectivity index (χ0v) is 11.8. The number of fused-ring (bicyclic) bond motifs is 2. The maximum Gasteiger partial charge on any atom is 0.328 e. The molecule has 0 amide bonds. The predicted octanol–water partition coefficient (Wildman–Crippen LogP) is 0.783. The van der Waals surface area contributed by atoms with E-state index in [4.69, 9.17) is 10.5 Å². The summed E-state index contributed by atoms with van der Waals surface area (Å²) in [7, 11) is 0. The van der Waals surface area contributed by atoms with Crippen molar-refractivity contribution in [1.82, 2.24) is 19.9 Å². The first-order chi connectivity index (χ1) is 10.6. The maximum absolute atomic E-state index is 12.3. The molecular formula is C13H9N5O3S. The van der Waals surface area contributed by atoms with Gasteiger partial charge in [-0.2, -0.15) is 0 Å². The fourth-order valence-electron chi connectivity index (χ4n) is 2.50. The molecule has 8 nitrogen and oxygen atoms in total. The lowest BCUT2D eigenvalue weighted by Gasteiger charge is -2.25. The average molecular weight is 315 g/mol. The van der Waals surface area contributed by atoms with Crippen LogP contribution in [0.3, 0.4) is 0 Å². The molecule has 0 radical (unpaired) electrons. The van der Waals surface area contributed by atoms with Crippen LogP contribution in [0.15, 0.2) is 33.4 Å². The molecule has 0 saturated carbocycles. The standard InChI is InChI=1S/C13H9N5O3S/c14-10-9-8(15-4-16-10)6(5-2-1-3-22-5)7-11(19)17-13(20)18-12(7)21-9/h1-4,6H,(H2,14,15,16)(H2,17,18,19,20). The Hall–Kier alpha value is -2.94. The molecule has 9 heteroatoms. The van der Waals surface area contributed by atoms with Gasteiger partial charge in [0, 0.05) is 4.88 Å². The normalized spacial score (nSPS) is 15.7. The number of nitrogen functional groups attached to an aromatic ring is 1. The molecule has 1 aliphatic rings. The third-order valence-corrected chi connectivity index (χ3v) is 4.33. The van der Waals surface area contributed by atoms with Crippen molar-refractivity contribution < 1.29 is 4.74 Å². The number of nitrogens with zero attached hydrogens (tertiary/aromatic N) is 2. The van der Waals surface area contributed by atoms with Crippen molar-refractivity contribution in [2.45, 2.75) is 5.92 Å². The van der Waals surface area contributed by atoms with Gasteiger partial charge in [0.05, 0.1) is 11.5 Å². The summed E-state index contributed by atoms with van der Waals surface area (Å²) in [6.45, 7) is 0. The van der Waals surface area contributed by atoms with Crippen molar-refractivity contribution in [3.8, 4) is 11.6 Å². The number of rotatable bonds is 1. The van der Waals surface area contributed by atoms with Crippen molar-refractivity contribution in [1.29, 1.82) is 0 Å². The quantitative estimate of drug-likeness (QED) is 0.476. The van der Waals surface area contributed by atoms with Crippen LogP contribution in [0, 0.1) is 0 Å². The van der Waals surface area contributed by atoms with Gasteiger partial charge >= 0.3 is 5.69 Å². The van der Waals surface area contributed by atoms with E-state index in [1.807, 2.05) is 17.5 Å². The number of hydrogen-bond donors (Lipinski definition) is 3. The summed E-state index contributed by atoms with van der Waals surface area (Å²) in [4.78, 5) is 37.5. The van der Waals surface area contributed by atoms with Gasteiger partial charge in [0.25, 0.3) is 5.56 Å². The van der Waals surface area contributed by atoms with E-state index < -0.39 is 17.2 Å². The molecule has 1 unspecified atom stereocenters. The number of nitrogens with one attached hydrogen (secondary N) is 2. The fraction of sp³-hybridized carbons (Fsp3) is 0.0769. The van der Waals surface area contributed by atoms with E-state index >= 15 is 0 Å². The van der Waals surface area contributed by atoms with Gasteiger partial charge in [0.1, 0.15) is 12.0 Å². The van der Waals surface area contributed by atoms with Gasteiger partial charge < -0.3 is 10.5 Å². The molecule has 0 aliphatic carbocycles. The van der Waals surface area contributed by atoms with Crippen LogP contribution in [-0.2, 0) is 0 Å². The smallest absolute Gasteiger partial charge is 0.328 e. The number of aromatic nitrogens is 4. The van der Waals surface area contributed by atoms with Crippen LogP contribution in [0.4, 0.5) is 5.82 Å². The highest BCUT2D eigenvalue weighted by atomic mass is 32.1. The lowest BCUT2D eigenvalue weighted by molar-refractivity contribution is 0.423. The maximum atomic E-state index is 12.3. The molecule has 0 fully saturated rings. The molecule has 1 atom stereocenters. The van der Waals surface area contributed by atoms with Crippen LogP contribution in [0.1, 0.15) is 22.1 Å². The first-order valence-corrected chi connectivity index (χ1v) is 7.21. The minimum absolute atomic E-state index is 0.0705. The Labute approximate surface area is 126 Å². The molecule has 0 bridgehead atoms. The van der Waals surface area contributed by atoms with Crippen LogP contribution in [0.2, 0.25) is 0 Å². The number of aromatic amines is 2. The summed E-state index contributed by atoms with van der Waals surface area (Å²) in [6.07, 6.45) is 1.32. The van der Waals surface area contributed by atoms with Gasteiger partial charge in [0.2, 0.25) is 5.88 Å². The highest BCUT2D eigenvalue weighted by molar-refractivity contribution is 7.10. The Morgan fingerprint density at radius 3 is 2.91 bits per heavy atom. The van der Waals surface area contributed by atoms with E-state index in [0.717, 1.165) is 4.88 Å². The lowest BCUT2D eigenvalue weighted by Crippen LogP contribution is -2.31. The third-order valence-electron chi connectivity index (χ3n) is 3.40. The van der Waals surface area contributed by atoms with Gasteiger partial charge in [-0.25, -0.2) is 14.8 Å². The van der Waals surface area contributed by atoms with Crippen molar-refractivity contribution in [3.63, 3.8) is 0 Å². The minimum Gasteiger partial charge on any atom is -0.434 e. The molecular weight excluding hydrogens is 306 g/mol. The number of H-pyrrole nitrogens is 2. The number of ether oxygens (including phenoxy) is 1. The van der Waals surface area contributed by atoms with Crippen LogP contribution < -0.4 is 21.7 Å². The molecule has 0 spiro atoms. The zero-order valence-electron chi connectivity index (χ0n) is 11.0. The van der Waals surface area contributed by atoms with Crippen molar-refractivity contribution in [2.24, 2.45) is 0 Å². The Kier molecular flexibility index (Phi) is 2.63. The molecule has 4 rings (SSSR count). The van der Waals surface area contributed by atoms with E-state index in [-0.39, 0.29) is 17.4 Å². The summed E-state index contributed by atoms with van der Waals surface area (Å²) in [5.41, 5.74) is 5.48. The number of nitrogens with two attached hydrogens (primary N) is 1. The molecule has 0 aromatic carbocycles. The molecule has 4 heterocycles. The molecule has 3 aromatic rings. The summed E-state index contributed by atoms with van der Waals surface area (Å²) in [5, 5.41) is 1.90. The topological polar surface area (TPSA) is 127 Å². The van der Waals surface area contributed by atoms with Crippen molar-refractivity contribution in [2.75, 3.05) is 5.73 Å². The average Bonchev–Trinajstić information content (AvgIpc) is 2.99. The van der Waals surface area contributed by atoms with Gasteiger partial charge in [-0.1, -0.05) is 6.07 Å². The van der Waals surface area contributed by atoms with Crippen LogP contribution in [-0.4, -0.2) is 19.9 Å². The van der Waals surface area contributed by atoms with Gasteiger partial charge in [-0.05, 0) is 11.4 Å². The minimum atomic E-state index is -0.646. The SMILES string of the molecule is Nc1ncnc2c1Oc1[nH]c(=O)[nH]c(=O)c1C2c1cccs1. The summed E-state index contributed by atoms with van der Waals surface area (Å²) < 4.78 is 5.58. The fourth-order valence-corrected chi connectivity index (χ4v) is 3.34. The van der Waals surface area contributed by atoms with E-state index in [0.29, 0.717) is 11.3 Å². The second-order valence-corrected chi connectivity index (χ2v) is 5.65.